The van der Waals surface area contributed by atoms with Crippen LogP contribution in [0.4, 0.5) is 0 Å². The zero-order valence-electron chi connectivity index (χ0n) is 11.3. The van der Waals surface area contributed by atoms with Crippen LogP contribution in [-0.4, -0.2) is 79.7 Å². The van der Waals surface area contributed by atoms with Gasteiger partial charge in [-0.2, -0.15) is 17.0 Å². The van der Waals surface area contributed by atoms with E-state index in [1.807, 2.05) is 0 Å². The van der Waals surface area contributed by atoms with Crippen molar-refractivity contribution in [3.05, 3.63) is 0 Å². The minimum Gasteiger partial charge on any atom is -0.481 e. The fraction of sp³-hybridized carbons (Fsp3) is 0.900. The van der Waals surface area contributed by atoms with E-state index in [2.05, 4.69) is 0 Å². The molecular weight excluding hydrogens is 276 g/mol. The van der Waals surface area contributed by atoms with E-state index in [4.69, 9.17) is 14.9 Å². The highest BCUT2D eigenvalue weighted by Gasteiger charge is 2.25. The molecule has 114 valence electrons. The predicted octanol–water partition coefficient (Wildman–Crippen LogP) is -1.03. The molecule has 0 heterocycles. The Morgan fingerprint density at radius 2 is 1.89 bits per heavy atom. The average molecular weight is 298 g/mol. The molecule has 2 N–H and O–H groups in total. The average Bonchev–Trinajstić information content (AvgIpc) is 2.35. The Morgan fingerprint density at radius 1 is 1.26 bits per heavy atom. The van der Waals surface area contributed by atoms with Gasteiger partial charge in [-0.1, -0.05) is 6.92 Å². The summed E-state index contributed by atoms with van der Waals surface area (Å²) in [5.74, 6) is -1.05. The summed E-state index contributed by atoms with van der Waals surface area (Å²) in [6, 6.07) is 0. The SMILES string of the molecule is CCN(CCOCCO)S(=O)(=O)N(C)CCC(=O)O. The second-order valence-electron chi connectivity index (χ2n) is 3.80. The molecule has 0 fully saturated rings. The maximum atomic E-state index is 12.1. The smallest absolute Gasteiger partial charge is 0.304 e. The minimum atomic E-state index is -3.67. The van der Waals surface area contributed by atoms with Crippen LogP contribution < -0.4 is 0 Å². The summed E-state index contributed by atoms with van der Waals surface area (Å²) in [5, 5.41) is 17.1. The highest BCUT2D eigenvalue weighted by atomic mass is 32.2. The normalized spacial score (nSPS) is 12.3. The van der Waals surface area contributed by atoms with Crippen LogP contribution in [0.2, 0.25) is 0 Å². The topological polar surface area (TPSA) is 107 Å². The van der Waals surface area contributed by atoms with Gasteiger partial charge in [-0.25, -0.2) is 0 Å². The zero-order valence-corrected chi connectivity index (χ0v) is 12.1. The fourth-order valence-electron chi connectivity index (χ4n) is 1.34. The second-order valence-corrected chi connectivity index (χ2v) is 5.84. The lowest BCUT2D eigenvalue weighted by molar-refractivity contribution is -0.137. The van der Waals surface area contributed by atoms with Gasteiger partial charge in [0.1, 0.15) is 0 Å². The zero-order chi connectivity index (χ0) is 14.9. The molecule has 0 saturated carbocycles. The standard InChI is InChI=1S/C10H22N2O6S/c1-3-12(6-8-18-9-7-13)19(16,17)11(2)5-4-10(14)15/h13H,3-9H2,1-2H3,(H,14,15). The van der Waals surface area contributed by atoms with Crippen molar-refractivity contribution in [2.75, 3.05) is 46.5 Å². The van der Waals surface area contributed by atoms with Gasteiger partial charge in [0.2, 0.25) is 0 Å². The third-order valence-electron chi connectivity index (χ3n) is 2.43. The van der Waals surface area contributed by atoms with Gasteiger partial charge in [0, 0.05) is 26.7 Å². The molecule has 0 rings (SSSR count). The van der Waals surface area contributed by atoms with E-state index < -0.39 is 16.2 Å². The van der Waals surface area contributed by atoms with Crippen LogP contribution in [0.3, 0.4) is 0 Å². The Kier molecular flexibility index (Phi) is 8.85. The molecule has 0 spiro atoms. The minimum absolute atomic E-state index is 0.0777. The van der Waals surface area contributed by atoms with Gasteiger partial charge < -0.3 is 14.9 Å². The molecular formula is C10H22N2O6S. The monoisotopic (exact) mass is 298 g/mol. The quantitative estimate of drug-likeness (QED) is 0.472. The van der Waals surface area contributed by atoms with E-state index in [0.29, 0.717) is 0 Å². The number of hydrogen-bond acceptors (Lipinski definition) is 5. The first-order valence-corrected chi connectivity index (χ1v) is 7.37. The van der Waals surface area contributed by atoms with Gasteiger partial charge in [-0.15, -0.1) is 0 Å². The van der Waals surface area contributed by atoms with Crippen molar-refractivity contribution >= 4 is 16.2 Å². The molecule has 9 heteroatoms. The summed E-state index contributed by atoms with van der Waals surface area (Å²) < 4.78 is 31.4. The highest BCUT2D eigenvalue weighted by Crippen LogP contribution is 2.06. The lowest BCUT2D eigenvalue weighted by Crippen LogP contribution is -2.44. The summed E-state index contributed by atoms with van der Waals surface area (Å²) >= 11 is 0. The fourth-order valence-corrected chi connectivity index (χ4v) is 2.68. The largest absolute Gasteiger partial charge is 0.481 e. The Bertz CT molecular complexity index is 359. The number of ether oxygens (including phenoxy) is 1. The summed E-state index contributed by atoms with van der Waals surface area (Å²) in [5.41, 5.74) is 0. The van der Waals surface area contributed by atoms with Crippen LogP contribution in [-0.2, 0) is 19.7 Å². The molecule has 0 aliphatic rings. The summed E-state index contributed by atoms with van der Waals surface area (Å²) in [6.07, 6.45) is -0.242. The van der Waals surface area contributed by atoms with Gasteiger partial charge in [-0.3, -0.25) is 4.79 Å². The van der Waals surface area contributed by atoms with Crippen molar-refractivity contribution in [3.8, 4) is 0 Å². The number of nitrogens with zero attached hydrogens (tertiary/aromatic N) is 2. The lowest BCUT2D eigenvalue weighted by atomic mass is 10.4. The molecule has 0 radical (unpaired) electrons. The summed E-state index contributed by atoms with van der Waals surface area (Å²) in [6.45, 7) is 2.27. The number of carboxylic acids is 1. The van der Waals surface area contributed by atoms with E-state index in [1.165, 1.54) is 11.4 Å². The Morgan fingerprint density at radius 3 is 2.37 bits per heavy atom. The van der Waals surface area contributed by atoms with Crippen molar-refractivity contribution in [1.29, 1.82) is 0 Å². The van der Waals surface area contributed by atoms with Crippen molar-refractivity contribution in [2.45, 2.75) is 13.3 Å². The molecule has 0 bridgehead atoms. The first-order chi connectivity index (χ1) is 8.86. The number of rotatable bonds is 11. The number of likely N-dealkylation sites (N-methyl/N-ethyl adjacent to an activating group) is 1. The number of carboxylic acid groups (broad SMARTS) is 1. The van der Waals surface area contributed by atoms with Crippen molar-refractivity contribution < 1.29 is 28.2 Å². The Balaban J connectivity index is 4.42. The number of aliphatic hydroxyl groups is 1. The van der Waals surface area contributed by atoms with Crippen LogP contribution >= 0.6 is 0 Å². The molecule has 0 aromatic carbocycles. The van der Waals surface area contributed by atoms with Gasteiger partial charge >= 0.3 is 5.97 Å². The first kappa shape index (κ1) is 18.3. The van der Waals surface area contributed by atoms with Crippen LogP contribution in [0.25, 0.3) is 0 Å². The molecule has 19 heavy (non-hydrogen) atoms. The Hall–Kier alpha value is -0.740. The maximum absolute atomic E-state index is 12.1. The van der Waals surface area contributed by atoms with Gasteiger partial charge in [0.05, 0.1) is 26.2 Å². The first-order valence-electron chi connectivity index (χ1n) is 5.98. The summed E-state index contributed by atoms with van der Waals surface area (Å²) in [4.78, 5) is 10.4. The van der Waals surface area contributed by atoms with E-state index in [0.717, 1.165) is 4.31 Å². The third-order valence-corrected chi connectivity index (χ3v) is 4.50. The number of aliphatic carboxylic acids is 1. The van der Waals surface area contributed by atoms with Gasteiger partial charge in [0.15, 0.2) is 0 Å². The van der Waals surface area contributed by atoms with Gasteiger partial charge in [0.25, 0.3) is 10.2 Å². The third kappa shape index (κ3) is 6.83. The van der Waals surface area contributed by atoms with Crippen LogP contribution in [0.15, 0.2) is 0 Å². The summed E-state index contributed by atoms with van der Waals surface area (Å²) in [7, 11) is -2.33. The second kappa shape index (κ2) is 9.21. The lowest BCUT2D eigenvalue weighted by Gasteiger charge is -2.26. The molecule has 8 nitrogen and oxygen atoms in total. The van der Waals surface area contributed by atoms with Crippen LogP contribution in [0.5, 0.6) is 0 Å². The molecule has 0 unspecified atom stereocenters. The van der Waals surface area contributed by atoms with E-state index in [1.54, 1.807) is 6.92 Å². The number of aliphatic hydroxyl groups excluding tert-OH is 1. The van der Waals surface area contributed by atoms with E-state index in [9.17, 15) is 13.2 Å². The van der Waals surface area contributed by atoms with Crippen molar-refractivity contribution in [1.82, 2.24) is 8.61 Å². The van der Waals surface area contributed by atoms with Gasteiger partial charge in [-0.05, 0) is 0 Å². The number of carbonyl (C=O) groups is 1. The molecule has 0 aliphatic carbocycles. The molecule has 0 aromatic heterocycles. The molecule has 0 aromatic rings. The molecule has 0 saturated heterocycles. The maximum Gasteiger partial charge on any atom is 0.304 e. The van der Waals surface area contributed by atoms with Crippen LogP contribution in [0, 0.1) is 0 Å². The molecule has 0 amide bonds. The number of hydrogen-bond donors (Lipinski definition) is 2. The predicted molar refractivity (Wildman–Crippen MR) is 69.0 cm³/mol. The van der Waals surface area contributed by atoms with E-state index >= 15 is 0 Å². The van der Waals surface area contributed by atoms with Crippen LogP contribution in [0.1, 0.15) is 13.3 Å². The molecule has 0 aliphatic heterocycles. The van der Waals surface area contributed by atoms with E-state index in [-0.39, 0.29) is 45.9 Å². The van der Waals surface area contributed by atoms with Crippen molar-refractivity contribution in [2.24, 2.45) is 0 Å². The molecule has 0 atom stereocenters. The van der Waals surface area contributed by atoms with Crippen molar-refractivity contribution in [3.63, 3.8) is 0 Å². The Labute approximate surface area is 113 Å². The highest BCUT2D eigenvalue weighted by molar-refractivity contribution is 7.86.